The van der Waals surface area contributed by atoms with E-state index in [0.717, 1.165) is 21.7 Å². The molecule has 2 rings (SSSR count). The van der Waals surface area contributed by atoms with E-state index in [1.807, 2.05) is 31.2 Å². The van der Waals surface area contributed by atoms with Gasteiger partial charge in [-0.05, 0) is 19.1 Å². The topological polar surface area (TPSA) is 76.3 Å². The Morgan fingerprint density at radius 2 is 1.84 bits per heavy atom. The largest absolute Gasteiger partial charge is 0.419 e. The van der Waals surface area contributed by atoms with Crippen molar-refractivity contribution in [1.29, 1.82) is 0 Å². The predicted molar refractivity (Wildman–Crippen MR) is 70.8 cm³/mol. The molecular weight excluding hydrogens is 266 g/mol. The molecule has 19 heavy (non-hydrogen) atoms. The van der Waals surface area contributed by atoms with Gasteiger partial charge in [0.2, 0.25) is 21.8 Å². The summed E-state index contributed by atoms with van der Waals surface area (Å²) in [5.74, 6) is 0.653. The van der Waals surface area contributed by atoms with Gasteiger partial charge in [0.25, 0.3) is 0 Å². The number of hydrogen-bond donors (Lipinski definition) is 0. The van der Waals surface area contributed by atoms with Gasteiger partial charge in [-0.25, -0.2) is 8.42 Å². The van der Waals surface area contributed by atoms with Crippen molar-refractivity contribution in [3.05, 3.63) is 35.7 Å². The second kappa shape index (κ2) is 5.10. The van der Waals surface area contributed by atoms with Crippen LogP contribution in [0, 0.1) is 6.92 Å². The summed E-state index contributed by atoms with van der Waals surface area (Å²) in [6.45, 7) is 2.06. The van der Waals surface area contributed by atoms with Gasteiger partial charge < -0.3 is 4.42 Å². The Morgan fingerprint density at radius 1 is 1.21 bits per heavy atom. The summed E-state index contributed by atoms with van der Waals surface area (Å²) in [6, 6.07) is 7.66. The smallest absolute Gasteiger partial charge is 0.247 e. The molecule has 0 bridgehead atoms. The molecule has 0 amide bonds. The van der Waals surface area contributed by atoms with Crippen molar-refractivity contribution >= 4 is 10.0 Å². The number of hydrogen-bond acceptors (Lipinski definition) is 5. The number of benzene rings is 1. The maximum absolute atomic E-state index is 11.3. The molecule has 0 aliphatic carbocycles. The van der Waals surface area contributed by atoms with Gasteiger partial charge in [-0.15, -0.1) is 10.2 Å². The number of sulfonamides is 1. The molecule has 1 aromatic heterocycles. The van der Waals surface area contributed by atoms with Crippen LogP contribution in [0.4, 0.5) is 0 Å². The summed E-state index contributed by atoms with van der Waals surface area (Å²) in [5.41, 5.74) is 1.95. The maximum atomic E-state index is 11.3. The summed E-state index contributed by atoms with van der Waals surface area (Å²) in [5, 5.41) is 7.76. The fourth-order valence-electron chi connectivity index (χ4n) is 1.44. The molecule has 0 atom stereocenters. The monoisotopic (exact) mass is 281 g/mol. The lowest BCUT2D eigenvalue weighted by atomic mass is 10.1. The second-order valence-corrected chi connectivity index (χ2v) is 6.48. The highest BCUT2D eigenvalue weighted by atomic mass is 32.2. The Labute approximate surface area is 112 Å². The molecule has 2 aromatic rings. The zero-order chi connectivity index (χ0) is 14.0. The maximum Gasteiger partial charge on any atom is 0.247 e. The Kier molecular flexibility index (Phi) is 3.68. The Hall–Kier alpha value is -1.73. The lowest BCUT2D eigenvalue weighted by Crippen LogP contribution is -2.25. The first-order valence-corrected chi connectivity index (χ1v) is 7.52. The molecule has 0 radical (unpaired) electrons. The molecule has 102 valence electrons. The molecule has 0 aliphatic heterocycles. The number of aromatic nitrogens is 2. The fraction of sp³-hybridized carbons (Fsp3) is 0.333. The number of rotatable bonds is 4. The summed E-state index contributed by atoms with van der Waals surface area (Å²) in [7, 11) is -1.79. The minimum absolute atomic E-state index is 0.0672. The van der Waals surface area contributed by atoms with Crippen LogP contribution in [0.5, 0.6) is 0 Å². The van der Waals surface area contributed by atoms with Gasteiger partial charge in [0.1, 0.15) is 0 Å². The molecule has 1 aromatic carbocycles. The van der Waals surface area contributed by atoms with Crippen molar-refractivity contribution in [2.75, 3.05) is 13.3 Å². The number of nitrogens with zero attached hydrogens (tertiary/aromatic N) is 3. The summed E-state index contributed by atoms with van der Waals surface area (Å²) >= 11 is 0. The van der Waals surface area contributed by atoms with Crippen molar-refractivity contribution in [2.24, 2.45) is 0 Å². The minimum atomic E-state index is -3.26. The van der Waals surface area contributed by atoms with Gasteiger partial charge in [0.05, 0.1) is 12.8 Å². The molecule has 0 unspecified atom stereocenters. The van der Waals surface area contributed by atoms with Crippen LogP contribution in [0.2, 0.25) is 0 Å². The first-order valence-electron chi connectivity index (χ1n) is 5.67. The molecule has 7 heteroatoms. The van der Waals surface area contributed by atoms with Gasteiger partial charge in [-0.2, -0.15) is 4.31 Å². The van der Waals surface area contributed by atoms with Crippen molar-refractivity contribution < 1.29 is 12.8 Å². The van der Waals surface area contributed by atoms with E-state index in [1.165, 1.54) is 7.05 Å². The molecule has 1 heterocycles. The van der Waals surface area contributed by atoms with Crippen LogP contribution < -0.4 is 0 Å². The van der Waals surface area contributed by atoms with Gasteiger partial charge in [-0.3, -0.25) is 0 Å². The fourth-order valence-corrected chi connectivity index (χ4v) is 1.78. The molecule has 6 nitrogen and oxygen atoms in total. The van der Waals surface area contributed by atoms with E-state index in [-0.39, 0.29) is 12.4 Å². The first kappa shape index (κ1) is 13.7. The van der Waals surface area contributed by atoms with Gasteiger partial charge >= 0.3 is 0 Å². The third-order valence-electron chi connectivity index (χ3n) is 2.69. The van der Waals surface area contributed by atoms with Crippen molar-refractivity contribution in [1.82, 2.24) is 14.5 Å². The predicted octanol–water partition coefficient (Wildman–Crippen LogP) is 1.44. The van der Waals surface area contributed by atoms with E-state index in [1.54, 1.807) is 0 Å². The zero-order valence-corrected chi connectivity index (χ0v) is 11.8. The standard InChI is InChI=1S/C12H15N3O3S/c1-9-4-6-10(7-5-9)12-14-13-11(18-12)8-15(2)19(3,16)17/h4-7H,8H2,1-3H3. The molecule has 0 N–H and O–H groups in total. The van der Waals surface area contributed by atoms with E-state index >= 15 is 0 Å². The van der Waals surface area contributed by atoms with Crippen LogP contribution >= 0.6 is 0 Å². The van der Waals surface area contributed by atoms with Crippen LogP contribution in [-0.2, 0) is 16.6 Å². The highest BCUT2D eigenvalue weighted by Crippen LogP contribution is 2.18. The van der Waals surface area contributed by atoms with E-state index in [2.05, 4.69) is 10.2 Å². The minimum Gasteiger partial charge on any atom is -0.419 e. The van der Waals surface area contributed by atoms with Crippen LogP contribution in [-0.4, -0.2) is 36.2 Å². The third kappa shape index (κ3) is 3.39. The van der Waals surface area contributed by atoms with Crippen molar-refractivity contribution in [2.45, 2.75) is 13.5 Å². The molecule has 0 saturated carbocycles. The van der Waals surface area contributed by atoms with Crippen LogP contribution in [0.25, 0.3) is 11.5 Å². The normalized spacial score (nSPS) is 12.0. The van der Waals surface area contributed by atoms with Crippen molar-refractivity contribution in [3.63, 3.8) is 0 Å². The quantitative estimate of drug-likeness (QED) is 0.847. The van der Waals surface area contributed by atoms with Crippen molar-refractivity contribution in [3.8, 4) is 11.5 Å². The zero-order valence-electron chi connectivity index (χ0n) is 11.0. The molecule has 0 aliphatic rings. The summed E-state index contributed by atoms with van der Waals surface area (Å²) in [4.78, 5) is 0. The SMILES string of the molecule is Cc1ccc(-c2nnc(CN(C)S(C)(=O)=O)o2)cc1. The van der Waals surface area contributed by atoms with Gasteiger partial charge in [0, 0.05) is 12.6 Å². The highest BCUT2D eigenvalue weighted by molar-refractivity contribution is 7.88. The van der Waals surface area contributed by atoms with Crippen LogP contribution in [0.3, 0.4) is 0 Å². The Morgan fingerprint density at radius 3 is 2.42 bits per heavy atom. The van der Waals surface area contributed by atoms with Gasteiger partial charge in [-0.1, -0.05) is 17.7 Å². The van der Waals surface area contributed by atoms with E-state index < -0.39 is 10.0 Å². The summed E-state index contributed by atoms with van der Waals surface area (Å²) in [6.07, 6.45) is 1.13. The molecule has 0 saturated heterocycles. The van der Waals surface area contributed by atoms with Gasteiger partial charge in [0.15, 0.2) is 0 Å². The van der Waals surface area contributed by atoms with Crippen LogP contribution in [0.15, 0.2) is 28.7 Å². The lowest BCUT2D eigenvalue weighted by molar-refractivity contribution is 0.402. The second-order valence-electron chi connectivity index (χ2n) is 4.39. The van der Waals surface area contributed by atoms with E-state index in [9.17, 15) is 8.42 Å². The highest BCUT2D eigenvalue weighted by Gasteiger charge is 2.16. The summed E-state index contributed by atoms with van der Waals surface area (Å²) < 4.78 is 29.2. The molecule has 0 spiro atoms. The first-order chi connectivity index (χ1) is 8.86. The lowest BCUT2D eigenvalue weighted by Gasteiger charge is -2.10. The van der Waals surface area contributed by atoms with E-state index in [4.69, 9.17) is 4.42 Å². The van der Waals surface area contributed by atoms with Crippen LogP contribution in [0.1, 0.15) is 11.5 Å². The average Bonchev–Trinajstić information content (AvgIpc) is 2.77. The van der Waals surface area contributed by atoms with E-state index in [0.29, 0.717) is 5.89 Å². The third-order valence-corrected chi connectivity index (χ3v) is 3.95. The average molecular weight is 281 g/mol. The molecule has 0 fully saturated rings. The Bertz CT molecular complexity index is 662. The number of aryl methyl sites for hydroxylation is 1. The molecular formula is C12H15N3O3S. The Balaban J connectivity index is 2.18.